The van der Waals surface area contributed by atoms with Crippen LogP contribution in [-0.2, 0) is 6.42 Å². The summed E-state index contributed by atoms with van der Waals surface area (Å²) in [6.07, 6.45) is 4.61. The number of anilines is 1. The number of aryl methyl sites for hydroxylation is 2. The molecule has 7 heteroatoms. The number of aromatic nitrogens is 2. The van der Waals surface area contributed by atoms with Gasteiger partial charge in [-0.2, -0.15) is 0 Å². The van der Waals surface area contributed by atoms with E-state index in [0.717, 1.165) is 56.0 Å². The highest BCUT2D eigenvalue weighted by molar-refractivity contribution is 7.18. The standard InChI is InChI=1S/C19H28N4O2S/c1-3-14-12(2)26-19-17(14)18(20-11-21-19)23-9-6-15(16(25)10-23)22-7-4-13(24)5-8-22/h11,13,15-16,24-25H,3-10H2,1-2H3/t15-,16-/m1/s1. The fourth-order valence-corrected chi connectivity index (χ4v) is 5.58. The molecule has 2 aromatic rings. The Labute approximate surface area is 158 Å². The second-order valence-corrected chi connectivity index (χ2v) is 8.71. The van der Waals surface area contributed by atoms with Crippen molar-refractivity contribution in [1.82, 2.24) is 14.9 Å². The van der Waals surface area contributed by atoms with Crippen LogP contribution in [0, 0.1) is 6.92 Å². The third-order valence-corrected chi connectivity index (χ3v) is 6.99. The number of piperidine rings is 2. The van der Waals surface area contributed by atoms with Crippen LogP contribution in [0.25, 0.3) is 10.2 Å². The highest BCUT2D eigenvalue weighted by Crippen LogP contribution is 2.36. The average molecular weight is 377 g/mol. The largest absolute Gasteiger partial charge is 0.393 e. The molecular weight excluding hydrogens is 348 g/mol. The summed E-state index contributed by atoms with van der Waals surface area (Å²) >= 11 is 1.73. The molecule has 2 aromatic heterocycles. The number of likely N-dealkylation sites (tertiary alicyclic amines) is 1. The molecule has 2 aliphatic heterocycles. The number of thiophene rings is 1. The van der Waals surface area contributed by atoms with Crippen molar-refractivity contribution in [3.05, 3.63) is 16.8 Å². The predicted octanol–water partition coefficient (Wildman–Crippen LogP) is 1.96. The van der Waals surface area contributed by atoms with Crippen LogP contribution in [0.5, 0.6) is 0 Å². The van der Waals surface area contributed by atoms with Crippen molar-refractivity contribution >= 4 is 27.4 Å². The molecule has 2 atom stereocenters. The second kappa shape index (κ2) is 7.38. The molecular formula is C19H28N4O2S. The van der Waals surface area contributed by atoms with E-state index in [-0.39, 0.29) is 12.1 Å². The molecule has 2 saturated heterocycles. The molecule has 0 aliphatic carbocycles. The zero-order valence-electron chi connectivity index (χ0n) is 15.6. The van der Waals surface area contributed by atoms with Crippen molar-refractivity contribution in [2.24, 2.45) is 0 Å². The van der Waals surface area contributed by atoms with Gasteiger partial charge in [-0.05, 0) is 38.2 Å². The minimum atomic E-state index is -0.395. The van der Waals surface area contributed by atoms with Gasteiger partial charge in [-0.15, -0.1) is 11.3 Å². The number of aliphatic hydroxyl groups excluding tert-OH is 2. The van der Waals surface area contributed by atoms with E-state index in [2.05, 4.69) is 33.6 Å². The minimum Gasteiger partial charge on any atom is -0.393 e. The number of rotatable bonds is 3. The Morgan fingerprint density at radius 1 is 1.15 bits per heavy atom. The van der Waals surface area contributed by atoms with E-state index in [4.69, 9.17) is 0 Å². The van der Waals surface area contributed by atoms with Crippen LogP contribution in [0.1, 0.15) is 36.6 Å². The zero-order valence-corrected chi connectivity index (χ0v) is 16.4. The highest BCUT2D eigenvalue weighted by atomic mass is 32.1. The summed E-state index contributed by atoms with van der Waals surface area (Å²) in [5.41, 5.74) is 1.34. The molecule has 2 fully saturated rings. The smallest absolute Gasteiger partial charge is 0.141 e. The summed E-state index contributed by atoms with van der Waals surface area (Å²) in [5, 5.41) is 21.7. The van der Waals surface area contributed by atoms with Gasteiger partial charge in [0.15, 0.2) is 0 Å². The monoisotopic (exact) mass is 376 g/mol. The van der Waals surface area contributed by atoms with Gasteiger partial charge in [0.1, 0.15) is 17.0 Å². The summed E-state index contributed by atoms with van der Waals surface area (Å²) in [6.45, 7) is 7.59. The molecule has 2 aliphatic rings. The van der Waals surface area contributed by atoms with E-state index < -0.39 is 6.10 Å². The number of fused-ring (bicyclic) bond motifs is 1. The van der Waals surface area contributed by atoms with Gasteiger partial charge in [0, 0.05) is 37.1 Å². The van der Waals surface area contributed by atoms with Crippen molar-refractivity contribution in [1.29, 1.82) is 0 Å². The van der Waals surface area contributed by atoms with Crippen LogP contribution in [-0.4, -0.2) is 69.5 Å². The van der Waals surface area contributed by atoms with Gasteiger partial charge in [0.05, 0.1) is 17.6 Å². The molecule has 0 radical (unpaired) electrons. The minimum absolute atomic E-state index is 0.174. The van der Waals surface area contributed by atoms with Crippen LogP contribution in [0.15, 0.2) is 6.33 Å². The van der Waals surface area contributed by atoms with Crippen LogP contribution in [0.3, 0.4) is 0 Å². The molecule has 0 bridgehead atoms. The fraction of sp³-hybridized carbons (Fsp3) is 0.684. The Balaban J connectivity index is 1.55. The molecule has 6 nitrogen and oxygen atoms in total. The Morgan fingerprint density at radius 3 is 2.62 bits per heavy atom. The summed E-state index contributed by atoms with van der Waals surface area (Å²) in [4.78, 5) is 16.0. The lowest BCUT2D eigenvalue weighted by molar-refractivity contribution is -0.000185. The quantitative estimate of drug-likeness (QED) is 0.853. The lowest BCUT2D eigenvalue weighted by atomic mass is 9.96. The summed E-state index contributed by atoms with van der Waals surface area (Å²) < 4.78 is 0. The third-order valence-electron chi connectivity index (χ3n) is 5.94. The van der Waals surface area contributed by atoms with E-state index in [1.165, 1.54) is 15.8 Å². The number of hydrogen-bond donors (Lipinski definition) is 2. The molecule has 4 rings (SSSR count). The molecule has 2 N–H and O–H groups in total. The molecule has 4 heterocycles. The van der Waals surface area contributed by atoms with Gasteiger partial charge in [-0.3, -0.25) is 4.90 Å². The Hall–Kier alpha value is -1.28. The van der Waals surface area contributed by atoms with E-state index in [9.17, 15) is 10.2 Å². The van der Waals surface area contributed by atoms with Gasteiger partial charge < -0.3 is 15.1 Å². The SMILES string of the molecule is CCc1c(C)sc2ncnc(N3CC[C@@H](N4CCC(O)CC4)[C@H](O)C3)c12. The number of aliphatic hydroxyl groups is 2. The maximum Gasteiger partial charge on any atom is 0.141 e. The molecule has 142 valence electrons. The maximum atomic E-state index is 10.8. The average Bonchev–Trinajstić information content (AvgIpc) is 2.97. The second-order valence-electron chi connectivity index (χ2n) is 7.50. The number of nitrogens with zero attached hydrogens (tertiary/aromatic N) is 4. The van der Waals surface area contributed by atoms with Gasteiger partial charge in [0.25, 0.3) is 0 Å². The van der Waals surface area contributed by atoms with Gasteiger partial charge in [-0.1, -0.05) is 6.92 Å². The van der Waals surface area contributed by atoms with Gasteiger partial charge >= 0.3 is 0 Å². The first-order chi connectivity index (χ1) is 12.6. The zero-order chi connectivity index (χ0) is 18.3. The Bertz CT molecular complexity index is 772. The van der Waals surface area contributed by atoms with E-state index >= 15 is 0 Å². The lowest BCUT2D eigenvalue weighted by Crippen LogP contribution is -2.56. The first-order valence-corrected chi connectivity index (χ1v) is 10.5. The van der Waals surface area contributed by atoms with Gasteiger partial charge in [-0.25, -0.2) is 9.97 Å². The van der Waals surface area contributed by atoms with Crippen molar-refractivity contribution in [3.63, 3.8) is 0 Å². The molecule has 0 spiro atoms. The topological polar surface area (TPSA) is 72.7 Å². The molecule has 0 saturated carbocycles. The van der Waals surface area contributed by atoms with Crippen molar-refractivity contribution in [2.75, 3.05) is 31.1 Å². The molecule has 0 amide bonds. The first kappa shape index (κ1) is 18.1. The van der Waals surface area contributed by atoms with Crippen LogP contribution < -0.4 is 4.90 Å². The number of hydrogen-bond acceptors (Lipinski definition) is 7. The van der Waals surface area contributed by atoms with Crippen molar-refractivity contribution in [3.8, 4) is 0 Å². The Morgan fingerprint density at radius 2 is 1.92 bits per heavy atom. The van der Waals surface area contributed by atoms with Crippen molar-refractivity contribution < 1.29 is 10.2 Å². The van der Waals surface area contributed by atoms with Crippen LogP contribution in [0.2, 0.25) is 0 Å². The Kier molecular flexibility index (Phi) is 5.14. The maximum absolute atomic E-state index is 10.8. The van der Waals surface area contributed by atoms with E-state index in [1.807, 2.05) is 0 Å². The van der Waals surface area contributed by atoms with E-state index in [1.54, 1.807) is 17.7 Å². The molecule has 0 aromatic carbocycles. The van der Waals surface area contributed by atoms with Crippen LogP contribution >= 0.6 is 11.3 Å². The highest BCUT2D eigenvalue weighted by Gasteiger charge is 2.35. The van der Waals surface area contributed by atoms with Gasteiger partial charge in [0.2, 0.25) is 0 Å². The van der Waals surface area contributed by atoms with Crippen LogP contribution in [0.4, 0.5) is 5.82 Å². The molecule has 26 heavy (non-hydrogen) atoms. The number of β-amino-alcohol motifs (C(OH)–C–C–N with tert-alkyl or cyclic N) is 1. The predicted molar refractivity (Wildman–Crippen MR) is 105 cm³/mol. The fourth-order valence-electron chi connectivity index (χ4n) is 4.51. The third kappa shape index (κ3) is 3.22. The summed E-state index contributed by atoms with van der Waals surface area (Å²) in [6, 6.07) is 0.186. The van der Waals surface area contributed by atoms with Crippen molar-refractivity contribution in [2.45, 2.75) is 57.8 Å². The summed E-state index contributed by atoms with van der Waals surface area (Å²) in [5.74, 6) is 0.975. The first-order valence-electron chi connectivity index (χ1n) is 9.66. The lowest BCUT2D eigenvalue weighted by Gasteiger charge is -2.44. The summed E-state index contributed by atoms with van der Waals surface area (Å²) in [7, 11) is 0. The molecule has 0 unspecified atom stereocenters. The normalized spacial score (nSPS) is 25.9. The van der Waals surface area contributed by atoms with E-state index in [0.29, 0.717) is 6.54 Å².